The predicted molar refractivity (Wildman–Crippen MR) is 55.4 cm³/mol. The average molecular weight is 178 g/mol. The lowest BCUT2D eigenvalue weighted by atomic mass is 9.73. The number of rotatable bonds is 0. The SMILES string of the molecule is CC1(C)C2CCCC2C2CCCC21. The zero-order valence-corrected chi connectivity index (χ0v) is 9.05. The van der Waals surface area contributed by atoms with Gasteiger partial charge in [0.25, 0.3) is 0 Å². The van der Waals surface area contributed by atoms with Crippen LogP contribution in [0.5, 0.6) is 0 Å². The van der Waals surface area contributed by atoms with Crippen molar-refractivity contribution in [3.63, 3.8) is 0 Å². The van der Waals surface area contributed by atoms with E-state index in [1.165, 1.54) is 12.8 Å². The summed E-state index contributed by atoms with van der Waals surface area (Å²) in [4.78, 5) is 0. The zero-order chi connectivity index (χ0) is 9.05. The van der Waals surface area contributed by atoms with E-state index in [4.69, 9.17) is 0 Å². The van der Waals surface area contributed by atoms with Gasteiger partial charge in [-0.1, -0.05) is 26.7 Å². The van der Waals surface area contributed by atoms with Crippen LogP contribution in [0.15, 0.2) is 0 Å². The fraction of sp³-hybridized carbons (Fsp3) is 1.00. The molecule has 0 N–H and O–H groups in total. The molecule has 3 saturated carbocycles. The molecule has 3 rings (SSSR count). The molecular formula is C13H22. The Morgan fingerprint density at radius 3 is 1.69 bits per heavy atom. The first-order valence-corrected chi connectivity index (χ1v) is 6.21. The van der Waals surface area contributed by atoms with Crippen LogP contribution < -0.4 is 0 Å². The maximum atomic E-state index is 2.56. The van der Waals surface area contributed by atoms with Crippen molar-refractivity contribution in [1.29, 1.82) is 0 Å². The lowest BCUT2D eigenvalue weighted by molar-refractivity contribution is 0.173. The summed E-state index contributed by atoms with van der Waals surface area (Å²) in [5, 5.41) is 0. The monoisotopic (exact) mass is 178 g/mol. The third-order valence-electron chi connectivity index (χ3n) is 5.60. The maximum absolute atomic E-state index is 2.56. The maximum Gasteiger partial charge on any atom is -0.0292 e. The highest BCUT2D eigenvalue weighted by atomic mass is 14.6. The number of fused-ring (bicyclic) bond motifs is 3. The Hall–Kier alpha value is 0. The van der Waals surface area contributed by atoms with Crippen molar-refractivity contribution >= 4 is 0 Å². The average Bonchev–Trinajstić information content (AvgIpc) is 2.74. The summed E-state index contributed by atoms with van der Waals surface area (Å²) in [5.74, 6) is 4.48. The van der Waals surface area contributed by atoms with Gasteiger partial charge in [-0.25, -0.2) is 0 Å². The molecule has 74 valence electrons. The van der Waals surface area contributed by atoms with Crippen molar-refractivity contribution in [3.8, 4) is 0 Å². The molecule has 0 nitrogen and oxygen atoms in total. The molecule has 0 amide bonds. The van der Waals surface area contributed by atoms with Crippen LogP contribution in [0, 0.1) is 29.1 Å². The van der Waals surface area contributed by atoms with Gasteiger partial charge in [0.05, 0.1) is 0 Å². The Balaban J connectivity index is 1.96. The molecule has 4 unspecified atom stereocenters. The Kier molecular flexibility index (Phi) is 1.61. The Labute approximate surface area is 82.1 Å². The van der Waals surface area contributed by atoms with Gasteiger partial charge in [0.15, 0.2) is 0 Å². The molecule has 0 spiro atoms. The number of hydrogen-bond acceptors (Lipinski definition) is 0. The summed E-state index contributed by atoms with van der Waals surface area (Å²) < 4.78 is 0. The van der Waals surface area contributed by atoms with Crippen LogP contribution in [0.3, 0.4) is 0 Å². The molecule has 3 aliphatic carbocycles. The first-order chi connectivity index (χ1) is 6.21. The molecule has 4 atom stereocenters. The van der Waals surface area contributed by atoms with Crippen molar-refractivity contribution in [1.82, 2.24) is 0 Å². The second-order valence-corrected chi connectivity index (χ2v) is 6.22. The first-order valence-electron chi connectivity index (χ1n) is 6.21. The molecule has 3 fully saturated rings. The molecule has 13 heavy (non-hydrogen) atoms. The third kappa shape index (κ3) is 0.926. The molecule has 0 heteroatoms. The summed E-state index contributed by atoms with van der Waals surface area (Å²) in [5.41, 5.74) is 0.697. The quantitative estimate of drug-likeness (QED) is 0.528. The Bertz CT molecular complexity index is 194. The minimum Gasteiger partial charge on any atom is -0.0594 e. The summed E-state index contributed by atoms with van der Waals surface area (Å²) in [6, 6.07) is 0. The summed E-state index contributed by atoms with van der Waals surface area (Å²) in [6.45, 7) is 5.12. The fourth-order valence-corrected chi connectivity index (χ4v) is 5.12. The van der Waals surface area contributed by atoms with Crippen molar-refractivity contribution in [2.75, 3.05) is 0 Å². The summed E-state index contributed by atoms with van der Waals surface area (Å²) >= 11 is 0. The van der Waals surface area contributed by atoms with Crippen LogP contribution in [0.2, 0.25) is 0 Å². The van der Waals surface area contributed by atoms with Gasteiger partial charge in [0, 0.05) is 0 Å². The Morgan fingerprint density at radius 1 is 0.769 bits per heavy atom. The molecule has 0 aromatic carbocycles. The van der Waals surface area contributed by atoms with E-state index in [2.05, 4.69) is 13.8 Å². The van der Waals surface area contributed by atoms with Gasteiger partial charge < -0.3 is 0 Å². The van der Waals surface area contributed by atoms with Gasteiger partial charge in [0.2, 0.25) is 0 Å². The lowest BCUT2D eigenvalue weighted by Crippen LogP contribution is -2.24. The Morgan fingerprint density at radius 2 is 1.23 bits per heavy atom. The van der Waals surface area contributed by atoms with Crippen molar-refractivity contribution in [2.24, 2.45) is 29.1 Å². The highest BCUT2D eigenvalue weighted by Crippen LogP contribution is 2.65. The van der Waals surface area contributed by atoms with E-state index in [1.54, 1.807) is 25.7 Å². The highest BCUT2D eigenvalue weighted by Gasteiger charge is 2.57. The van der Waals surface area contributed by atoms with E-state index in [-0.39, 0.29) is 0 Å². The van der Waals surface area contributed by atoms with Gasteiger partial charge in [-0.2, -0.15) is 0 Å². The van der Waals surface area contributed by atoms with E-state index < -0.39 is 0 Å². The summed E-state index contributed by atoms with van der Waals surface area (Å²) in [7, 11) is 0. The molecule has 0 bridgehead atoms. The third-order valence-corrected chi connectivity index (χ3v) is 5.60. The molecule has 0 radical (unpaired) electrons. The largest absolute Gasteiger partial charge is 0.0594 e. The lowest BCUT2D eigenvalue weighted by Gasteiger charge is -2.31. The summed E-state index contributed by atoms with van der Waals surface area (Å²) in [6.07, 6.45) is 9.28. The van der Waals surface area contributed by atoms with Crippen molar-refractivity contribution in [3.05, 3.63) is 0 Å². The zero-order valence-electron chi connectivity index (χ0n) is 9.05. The van der Waals surface area contributed by atoms with E-state index in [0.717, 1.165) is 23.7 Å². The highest BCUT2D eigenvalue weighted by molar-refractivity contribution is 5.06. The number of hydrogen-bond donors (Lipinski definition) is 0. The van der Waals surface area contributed by atoms with Gasteiger partial charge in [0.1, 0.15) is 0 Å². The van der Waals surface area contributed by atoms with E-state index in [1.807, 2.05) is 0 Å². The molecular weight excluding hydrogens is 156 g/mol. The minimum absolute atomic E-state index is 0.697. The van der Waals surface area contributed by atoms with Crippen LogP contribution >= 0.6 is 0 Å². The molecule has 3 aliphatic rings. The normalized spacial score (nSPS) is 52.2. The molecule has 0 heterocycles. The van der Waals surface area contributed by atoms with Crippen LogP contribution in [0.4, 0.5) is 0 Å². The standard InChI is InChI=1S/C13H22/c1-13(2)11-7-3-5-9(11)10-6-4-8-12(10)13/h9-12H,3-8H2,1-2H3. The molecule has 0 aromatic rings. The van der Waals surface area contributed by atoms with E-state index in [0.29, 0.717) is 5.41 Å². The van der Waals surface area contributed by atoms with Gasteiger partial charge in [-0.15, -0.1) is 0 Å². The van der Waals surface area contributed by atoms with E-state index in [9.17, 15) is 0 Å². The van der Waals surface area contributed by atoms with E-state index >= 15 is 0 Å². The predicted octanol–water partition coefficient (Wildman–Crippen LogP) is 3.86. The fourth-order valence-electron chi connectivity index (χ4n) is 5.12. The second kappa shape index (κ2) is 2.52. The van der Waals surface area contributed by atoms with Crippen LogP contribution in [-0.2, 0) is 0 Å². The van der Waals surface area contributed by atoms with Gasteiger partial charge in [-0.3, -0.25) is 0 Å². The molecule has 0 saturated heterocycles. The van der Waals surface area contributed by atoms with Crippen molar-refractivity contribution < 1.29 is 0 Å². The van der Waals surface area contributed by atoms with Crippen LogP contribution in [0.25, 0.3) is 0 Å². The van der Waals surface area contributed by atoms with Crippen LogP contribution in [0.1, 0.15) is 52.4 Å². The first kappa shape index (κ1) is 8.32. The molecule has 0 aliphatic heterocycles. The van der Waals surface area contributed by atoms with Gasteiger partial charge in [-0.05, 0) is 54.8 Å². The minimum atomic E-state index is 0.697. The molecule has 0 aromatic heterocycles. The van der Waals surface area contributed by atoms with Gasteiger partial charge >= 0.3 is 0 Å². The smallest absolute Gasteiger partial charge is 0.0292 e. The van der Waals surface area contributed by atoms with Crippen LogP contribution in [-0.4, -0.2) is 0 Å². The van der Waals surface area contributed by atoms with Crippen molar-refractivity contribution in [2.45, 2.75) is 52.4 Å². The second-order valence-electron chi connectivity index (χ2n) is 6.22. The topological polar surface area (TPSA) is 0 Å².